The molecule has 0 radical (unpaired) electrons. The van der Waals surface area contributed by atoms with Crippen molar-refractivity contribution in [3.8, 4) is 0 Å². The van der Waals surface area contributed by atoms with Gasteiger partial charge in [0.1, 0.15) is 27.5 Å². The Balaban J connectivity index is 0.000000218. The highest BCUT2D eigenvalue weighted by atomic mass is 35.5. The summed E-state index contributed by atoms with van der Waals surface area (Å²) in [7, 11) is -1.17. The number of aromatic nitrogens is 6. The van der Waals surface area contributed by atoms with Gasteiger partial charge < -0.3 is 10.1 Å². The van der Waals surface area contributed by atoms with Crippen LogP contribution in [0.3, 0.4) is 0 Å². The molecule has 0 atom stereocenters. The monoisotopic (exact) mass is 830 g/mol. The molecule has 4 aromatic heterocycles. The van der Waals surface area contributed by atoms with Crippen LogP contribution in [0.4, 0.5) is 27.8 Å². The molecule has 1 amide bonds. The summed E-state index contributed by atoms with van der Waals surface area (Å²) < 4.78 is 60.0. The number of nitrogens with zero attached hydrogens (tertiary/aromatic N) is 9. The molecular weight excluding hydrogens is 791 g/mol. The molecule has 55 heavy (non-hydrogen) atoms. The first kappa shape index (κ1) is 41.3. The number of rotatable bonds is 8. The number of ether oxygens (including phenoxy) is 1. The summed E-state index contributed by atoms with van der Waals surface area (Å²) in [6.45, 7) is 8.92. The molecule has 1 N–H and O–H groups in total. The Morgan fingerprint density at radius 1 is 0.709 bits per heavy atom. The van der Waals surface area contributed by atoms with Crippen LogP contribution in [0.25, 0.3) is 11.3 Å². The van der Waals surface area contributed by atoms with Crippen molar-refractivity contribution in [2.75, 3.05) is 38.4 Å². The van der Waals surface area contributed by atoms with Gasteiger partial charge in [-0.3, -0.25) is 0 Å². The van der Waals surface area contributed by atoms with E-state index >= 15 is 0 Å². The molecule has 0 saturated carbocycles. The van der Waals surface area contributed by atoms with Crippen LogP contribution in [0.15, 0.2) is 82.6 Å². The Labute approximate surface area is 329 Å². The highest BCUT2D eigenvalue weighted by Crippen LogP contribution is 2.31. The van der Waals surface area contributed by atoms with Crippen molar-refractivity contribution in [2.45, 2.75) is 50.0 Å². The van der Waals surface area contributed by atoms with Gasteiger partial charge in [0, 0.05) is 58.1 Å². The average molecular weight is 832 g/mol. The highest BCUT2D eigenvalue weighted by molar-refractivity contribution is 7.89. The molecule has 0 aliphatic carbocycles. The van der Waals surface area contributed by atoms with Gasteiger partial charge in [0.15, 0.2) is 11.3 Å². The van der Waals surface area contributed by atoms with Crippen molar-refractivity contribution in [2.24, 2.45) is 0 Å². The summed E-state index contributed by atoms with van der Waals surface area (Å²) >= 11 is 12.2. The third-order valence-electron chi connectivity index (χ3n) is 7.60. The summed E-state index contributed by atoms with van der Waals surface area (Å²) in [4.78, 5) is 23.2. The normalized spacial score (nSPS) is 12.2. The minimum absolute atomic E-state index is 0.0956. The van der Waals surface area contributed by atoms with Gasteiger partial charge in [-0.25, -0.2) is 45.1 Å². The Bertz CT molecular complexity index is 2590. The number of carbonyl (C=O) groups is 1. The van der Waals surface area contributed by atoms with Crippen LogP contribution in [0, 0.1) is 13.8 Å². The van der Waals surface area contributed by atoms with Crippen LogP contribution in [-0.2, 0) is 24.8 Å². The van der Waals surface area contributed by atoms with Crippen molar-refractivity contribution in [3.63, 3.8) is 0 Å². The molecule has 0 bridgehead atoms. The summed E-state index contributed by atoms with van der Waals surface area (Å²) in [6, 6.07) is 19.1. The third-order valence-corrected chi connectivity index (χ3v) is 11.6. The van der Waals surface area contributed by atoms with Crippen LogP contribution < -0.4 is 10.2 Å². The van der Waals surface area contributed by atoms with E-state index in [9.17, 15) is 21.6 Å². The van der Waals surface area contributed by atoms with E-state index in [-0.39, 0.29) is 14.9 Å². The van der Waals surface area contributed by atoms with E-state index in [0.717, 1.165) is 10.00 Å². The molecule has 16 nitrogen and oxygen atoms in total. The Morgan fingerprint density at radius 2 is 1.16 bits per heavy atom. The maximum Gasteiger partial charge on any atom is 0.420 e. The molecule has 292 valence electrons. The minimum Gasteiger partial charge on any atom is -0.443 e. The maximum atomic E-state index is 13.2. The number of carbonyl (C=O) groups excluding carboxylic acids is 1. The van der Waals surface area contributed by atoms with E-state index in [0.29, 0.717) is 45.2 Å². The quantitative estimate of drug-likeness (QED) is 0.162. The largest absolute Gasteiger partial charge is 0.443 e. The molecule has 0 aliphatic rings. The number of nitrogens with one attached hydrogen (secondary N) is 1. The SMILES string of the molecule is Cc1cc2nc(Cl)cc(N(C(=O)OC(C)(C)C)c3ccc(S(=O)(=O)N(C)C)cc3)n2n1.Cc1cc2nc(Cl)cc(Nc3ccc(S(=O)(=O)N(C)C)cc3)n2n1. The maximum absolute atomic E-state index is 13.2. The predicted octanol–water partition coefficient (Wildman–Crippen LogP) is 6.70. The first-order chi connectivity index (χ1) is 25.6. The zero-order valence-electron chi connectivity index (χ0n) is 31.5. The van der Waals surface area contributed by atoms with Gasteiger partial charge in [0.25, 0.3) is 0 Å². The molecule has 0 spiro atoms. The van der Waals surface area contributed by atoms with E-state index in [1.165, 1.54) is 72.2 Å². The van der Waals surface area contributed by atoms with Gasteiger partial charge >= 0.3 is 6.09 Å². The molecule has 4 heterocycles. The van der Waals surface area contributed by atoms with Gasteiger partial charge in [-0.15, -0.1) is 0 Å². The van der Waals surface area contributed by atoms with Crippen molar-refractivity contribution >= 4 is 83.6 Å². The second kappa shape index (κ2) is 15.7. The Kier molecular flexibility index (Phi) is 11.8. The minimum atomic E-state index is -3.62. The van der Waals surface area contributed by atoms with Crippen molar-refractivity contribution in [1.29, 1.82) is 0 Å². The van der Waals surface area contributed by atoms with E-state index in [1.807, 2.05) is 13.0 Å². The Hall–Kier alpha value is -4.85. The molecule has 0 saturated heterocycles. The zero-order valence-corrected chi connectivity index (χ0v) is 34.6. The fraction of sp³-hybridized carbons (Fsp3) is 0.286. The van der Waals surface area contributed by atoms with Crippen LogP contribution >= 0.6 is 23.2 Å². The van der Waals surface area contributed by atoms with Crippen LogP contribution in [0.2, 0.25) is 10.3 Å². The number of hydrogen-bond acceptors (Lipinski definition) is 11. The van der Waals surface area contributed by atoms with Crippen LogP contribution in [0.1, 0.15) is 32.2 Å². The smallest absolute Gasteiger partial charge is 0.420 e. The van der Waals surface area contributed by atoms with Gasteiger partial charge in [-0.1, -0.05) is 23.2 Å². The van der Waals surface area contributed by atoms with Crippen LogP contribution in [-0.4, -0.2) is 94.5 Å². The molecule has 2 aromatic carbocycles. The number of anilines is 4. The fourth-order valence-corrected chi connectivity index (χ4v) is 7.21. The number of fused-ring (bicyclic) bond motifs is 2. The lowest BCUT2D eigenvalue weighted by Gasteiger charge is -2.27. The van der Waals surface area contributed by atoms with Gasteiger partial charge in [0.05, 0.1) is 26.9 Å². The first-order valence-electron chi connectivity index (χ1n) is 16.5. The second-order valence-electron chi connectivity index (χ2n) is 13.5. The van der Waals surface area contributed by atoms with Gasteiger partial charge in [0.2, 0.25) is 20.0 Å². The fourth-order valence-electron chi connectivity index (χ4n) is 5.04. The van der Waals surface area contributed by atoms with Crippen molar-refractivity contribution < 1.29 is 26.4 Å². The number of amides is 1. The first-order valence-corrected chi connectivity index (χ1v) is 20.1. The molecule has 0 unspecified atom stereocenters. The van der Waals surface area contributed by atoms with E-state index in [1.54, 1.807) is 68.6 Å². The highest BCUT2D eigenvalue weighted by Gasteiger charge is 2.29. The number of halogens is 2. The number of hydrogen-bond donors (Lipinski definition) is 1. The summed E-state index contributed by atoms with van der Waals surface area (Å²) in [5, 5.41) is 12.5. The van der Waals surface area contributed by atoms with Gasteiger partial charge in [-0.05, 0) is 83.1 Å². The lowest BCUT2D eigenvalue weighted by atomic mass is 10.2. The summed E-state index contributed by atoms with van der Waals surface area (Å²) in [5.74, 6) is 0.946. The molecule has 0 aliphatic heterocycles. The number of aryl methyl sites for hydroxylation is 2. The molecular formula is C35H40Cl2N10O6S2. The molecule has 20 heteroatoms. The molecule has 6 aromatic rings. The average Bonchev–Trinajstić information content (AvgIpc) is 3.65. The number of benzene rings is 2. The zero-order chi connectivity index (χ0) is 40.6. The topological polar surface area (TPSA) is 177 Å². The third kappa shape index (κ3) is 9.34. The molecule has 0 fully saturated rings. The Morgan fingerprint density at radius 3 is 1.65 bits per heavy atom. The van der Waals surface area contributed by atoms with Crippen molar-refractivity contribution in [1.82, 2.24) is 37.8 Å². The van der Waals surface area contributed by atoms with Gasteiger partial charge in [-0.2, -0.15) is 19.2 Å². The lowest BCUT2D eigenvalue weighted by Crippen LogP contribution is -2.35. The standard InChI is InChI=1S/C20H24ClN5O4S.C15H16ClN5O2S/c1-13-11-17-22-16(21)12-18(26(17)23-13)25(19(27)30-20(2,3)4)14-7-9-15(10-8-14)31(28,29)24(5)6;1-10-8-14-18-13(16)9-15(21(14)19-10)17-11-4-6-12(7-5-11)24(22,23)20(2)3/h7-12H,1-6H3;4-9,17H,1-3H3. The summed E-state index contributed by atoms with van der Waals surface area (Å²) in [5.41, 5.74) is 2.93. The predicted molar refractivity (Wildman–Crippen MR) is 212 cm³/mol. The van der Waals surface area contributed by atoms with E-state index in [4.69, 9.17) is 27.9 Å². The number of sulfonamides is 2. The van der Waals surface area contributed by atoms with Crippen molar-refractivity contribution in [3.05, 3.63) is 94.5 Å². The van der Waals surface area contributed by atoms with E-state index in [2.05, 4.69) is 25.5 Å². The second-order valence-corrected chi connectivity index (χ2v) is 18.6. The van der Waals surface area contributed by atoms with Crippen LogP contribution in [0.5, 0.6) is 0 Å². The molecule has 6 rings (SSSR count). The van der Waals surface area contributed by atoms with E-state index < -0.39 is 31.7 Å². The lowest BCUT2D eigenvalue weighted by molar-refractivity contribution is 0.0597. The summed E-state index contributed by atoms with van der Waals surface area (Å²) in [6.07, 6.45) is -0.674.